The number of hydrogen-bond donors (Lipinski definition) is 1. The Morgan fingerprint density at radius 2 is 1.93 bits per heavy atom. The van der Waals surface area contributed by atoms with Crippen LogP contribution in [0.5, 0.6) is 0 Å². The molecule has 1 fully saturated rings. The predicted octanol–water partition coefficient (Wildman–Crippen LogP) is 0.895. The Kier molecular flexibility index (Phi) is 5.29. The Morgan fingerprint density at radius 3 is 2.43 bits per heavy atom. The molecule has 4 nitrogen and oxygen atoms in total. The lowest BCUT2D eigenvalue weighted by Crippen LogP contribution is -2.38. The van der Waals surface area contributed by atoms with E-state index in [-0.39, 0.29) is 24.8 Å². The normalized spacial score (nSPS) is 24.9. The third-order valence-electron chi connectivity index (χ3n) is 2.06. The van der Waals surface area contributed by atoms with E-state index in [1.165, 1.54) is 0 Å². The summed E-state index contributed by atoms with van der Waals surface area (Å²) in [5, 5.41) is 0. The van der Waals surface area contributed by atoms with Crippen molar-refractivity contribution in [1.82, 2.24) is 9.97 Å². The average molecular weight is 238 g/mol. The van der Waals surface area contributed by atoms with Crippen LogP contribution in [0.1, 0.15) is 12.2 Å². The Labute approximate surface area is 95.1 Å². The highest BCUT2D eigenvalue weighted by Gasteiger charge is 2.34. The molecule has 80 valence electrons. The van der Waals surface area contributed by atoms with Gasteiger partial charge in [0.25, 0.3) is 0 Å². The van der Waals surface area contributed by atoms with E-state index in [1.54, 1.807) is 18.5 Å². The third-order valence-corrected chi connectivity index (χ3v) is 2.06. The largest absolute Gasteiger partial charge is 0.379 e. The smallest absolute Gasteiger partial charge is 0.150 e. The predicted molar refractivity (Wildman–Crippen MR) is 57.8 cm³/mol. The molecule has 0 bridgehead atoms. The zero-order valence-electron chi connectivity index (χ0n) is 7.55. The quantitative estimate of drug-likeness (QED) is 0.789. The van der Waals surface area contributed by atoms with Crippen LogP contribution in [0, 0.1) is 0 Å². The third kappa shape index (κ3) is 2.54. The SMILES string of the molecule is Cl.Cl.NC1(c2ncccn2)CCOC1. The minimum Gasteiger partial charge on any atom is -0.379 e. The maximum atomic E-state index is 6.03. The fraction of sp³-hybridized carbons (Fsp3) is 0.500. The van der Waals surface area contributed by atoms with Gasteiger partial charge in [0.15, 0.2) is 0 Å². The lowest BCUT2D eigenvalue weighted by molar-refractivity contribution is 0.176. The van der Waals surface area contributed by atoms with E-state index in [4.69, 9.17) is 10.5 Å². The van der Waals surface area contributed by atoms with Gasteiger partial charge in [0.1, 0.15) is 11.4 Å². The zero-order valence-corrected chi connectivity index (χ0v) is 9.18. The van der Waals surface area contributed by atoms with Crippen molar-refractivity contribution in [3.8, 4) is 0 Å². The molecule has 0 amide bonds. The van der Waals surface area contributed by atoms with Crippen molar-refractivity contribution < 1.29 is 4.74 Å². The fourth-order valence-electron chi connectivity index (χ4n) is 1.31. The van der Waals surface area contributed by atoms with Crippen molar-refractivity contribution in [3.63, 3.8) is 0 Å². The van der Waals surface area contributed by atoms with E-state index < -0.39 is 5.54 Å². The van der Waals surface area contributed by atoms with Crippen LogP contribution in [0.2, 0.25) is 0 Å². The summed E-state index contributed by atoms with van der Waals surface area (Å²) in [4.78, 5) is 8.23. The molecule has 1 saturated heterocycles. The number of hydrogen-bond acceptors (Lipinski definition) is 4. The number of ether oxygens (including phenoxy) is 1. The van der Waals surface area contributed by atoms with Gasteiger partial charge < -0.3 is 10.5 Å². The lowest BCUT2D eigenvalue weighted by Gasteiger charge is -2.18. The van der Waals surface area contributed by atoms with Crippen molar-refractivity contribution in [2.75, 3.05) is 13.2 Å². The number of halogens is 2. The van der Waals surface area contributed by atoms with Crippen LogP contribution in [0.25, 0.3) is 0 Å². The van der Waals surface area contributed by atoms with Gasteiger partial charge >= 0.3 is 0 Å². The van der Waals surface area contributed by atoms with Crippen LogP contribution in [0.15, 0.2) is 18.5 Å². The van der Waals surface area contributed by atoms with Crippen LogP contribution in [0.3, 0.4) is 0 Å². The molecule has 0 saturated carbocycles. The summed E-state index contributed by atoms with van der Waals surface area (Å²) in [7, 11) is 0. The van der Waals surface area contributed by atoms with Gasteiger partial charge in [-0.3, -0.25) is 0 Å². The summed E-state index contributed by atoms with van der Waals surface area (Å²) >= 11 is 0. The molecule has 0 radical (unpaired) electrons. The van der Waals surface area contributed by atoms with Crippen LogP contribution < -0.4 is 5.73 Å². The lowest BCUT2D eigenvalue weighted by atomic mass is 9.99. The van der Waals surface area contributed by atoms with Crippen LogP contribution in [0.4, 0.5) is 0 Å². The van der Waals surface area contributed by atoms with Crippen molar-refractivity contribution in [3.05, 3.63) is 24.3 Å². The summed E-state index contributed by atoms with van der Waals surface area (Å²) in [6, 6.07) is 1.78. The van der Waals surface area contributed by atoms with Crippen molar-refractivity contribution in [2.24, 2.45) is 5.73 Å². The highest BCUT2D eigenvalue weighted by Crippen LogP contribution is 2.23. The van der Waals surface area contributed by atoms with E-state index in [0.717, 1.165) is 6.42 Å². The van der Waals surface area contributed by atoms with Gasteiger partial charge in [-0.05, 0) is 12.5 Å². The van der Waals surface area contributed by atoms with E-state index >= 15 is 0 Å². The summed E-state index contributed by atoms with van der Waals surface area (Å²) < 4.78 is 5.21. The minimum atomic E-state index is -0.457. The first kappa shape index (κ1) is 13.6. The molecule has 14 heavy (non-hydrogen) atoms. The highest BCUT2D eigenvalue weighted by molar-refractivity contribution is 5.85. The van der Waals surface area contributed by atoms with Crippen molar-refractivity contribution >= 4 is 24.8 Å². The Hall–Kier alpha value is -0.420. The molecule has 2 heterocycles. The summed E-state index contributed by atoms with van der Waals surface area (Å²) in [6.45, 7) is 1.23. The molecule has 6 heteroatoms. The maximum Gasteiger partial charge on any atom is 0.150 e. The topological polar surface area (TPSA) is 61.0 Å². The molecule has 1 aromatic rings. The average Bonchev–Trinajstić information content (AvgIpc) is 2.55. The van der Waals surface area contributed by atoms with E-state index in [0.29, 0.717) is 19.0 Å². The van der Waals surface area contributed by atoms with Gasteiger partial charge in [0.05, 0.1) is 6.61 Å². The van der Waals surface area contributed by atoms with E-state index in [1.807, 2.05) is 0 Å². The molecular formula is C8H13Cl2N3O. The second-order valence-corrected chi connectivity index (χ2v) is 3.03. The first-order valence-corrected chi connectivity index (χ1v) is 3.95. The van der Waals surface area contributed by atoms with Crippen LogP contribution in [-0.2, 0) is 10.3 Å². The molecule has 1 aliphatic heterocycles. The van der Waals surface area contributed by atoms with E-state index in [2.05, 4.69) is 9.97 Å². The van der Waals surface area contributed by atoms with Gasteiger partial charge in [-0.15, -0.1) is 24.8 Å². The van der Waals surface area contributed by atoms with Crippen molar-refractivity contribution in [2.45, 2.75) is 12.0 Å². The Balaban J connectivity index is 0.000000845. The second-order valence-electron chi connectivity index (χ2n) is 3.03. The molecular weight excluding hydrogens is 225 g/mol. The molecule has 0 aromatic carbocycles. The first-order valence-electron chi connectivity index (χ1n) is 3.95. The number of aromatic nitrogens is 2. The summed E-state index contributed by atoms with van der Waals surface area (Å²) in [6.07, 6.45) is 4.21. The standard InChI is InChI=1S/C8H11N3O.2ClH/c9-8(2-5-12-6-8)7-10-3-1-4-11-7;;/h1,3-4H,2,5-6,9H2;2*1H. The molecule has 2 N–H and O–H groups in total. The molecule has 1 aromatic heterocycles. The van der Waals surface area contributed by atoms with Gasteiger partial charge in [-0.1, -0.05) is 0 Å². The second kappa shape index (κ2) is 5.46. The minimum absolute atomic E-state index is 0. The molecule has 1 unspecified atom stereocenters. The Bertz CT molecular complexity index is 265. The summed E-state index contributed by atoms with van der Waals surface area (Å²) in [5.74, 6) is 0.683. The van der Waals surface area contributed by atoms with Gasteiger partial charge in [-0.2, -0.15) is 0 Å². The molecule has 0 spiro atoms. The fourth-order valence-corrected chi connectivity index (χ4v) is 1.31. The number of nitrogens with zero attached hydrogens (tertiary/aromatic N) is 2. The van der Waals surface area contributed by atoms with Crippen LogP contribution >= 0.6 is 24.8 Å². The molecule has 1 aliphatic rings. The van der Waals surface area contributed by atoms with E-state index in [9.17, 15) is 0 Å². The number of rotatable bonds is 1. The summed E-state index contributed by atoms with van der Waals surface area (Å²) in [5.41, 5.74) is 5.57. The van der Waals surface area contributed by atoms with Gasteiger partial charge in [0, 0.05) is 19.0 Å². The molecule has 0 aliphatic carbocycles. The van der Waals surface area contributed by atoms with Crippen LogP contribution in [-0.4, -0.2) is 23.2 Å². The first-order chi connectivity index (χ1) is 5.81. The maximum absolute atomic E-state index is 6.03. The molecule has 1 atom stereocenters. The van der Waals surface area contributed by atoms with Crippen molar-refractivity contribution in [1.29, 1.82) is 0 Å². The zero-order chi connectivity index (χ0) is 8.44. The monoisotopic (exact) mass is 237 g/mol. The highest BCUT2D eigenvalue weighted by atomic mass is 35.5. The molecule has 2 rings (SSSR count). The van der Waals surface area contributed by atoms with Gasteiger partial charge in [-0.25, -0.2) is 9.97 Å². The number of nitrogens with two attached hydrogens (primary N) is 1. The Morgan fingerprint density at radius 1 is 1.29 bits per heavy atom. The van der Waals surface area contributed by atoms with Gasteiger partial charge in [0.2, 0.25) is 0 Å².